The van der Waals surface area contributed by atoms with Crippen molar-refractivity contribution in [3.05, 3.63) is 40.4 Å². The monoisotopic (exact) mass is 304 g/mol. The molecule has 1 aromatic carbocycles. The number of anilines is 1. The van der Waals surface area contributed by atoms with Crippen molar-refractivity contribution >= 4 is 29.1 Å². The lowest BCUT2D eigenvalue weighted by Gasteiger charge is -2.18. The summed E-state index contributed by atoms with van der Waals surface area (Å²) in [6.07, 6.45) is -3.44. The molecule has 0 aliphatic carbocycles. The molecule has 2 amide bonds. The molecule has 0 spiro atoms. The lowest BCUT2D eigenvalue weighted by atomic mass is 10.2. The molecule has 4 nitrogen and oxygen atoms in total. The molecule has 0 saturated heterocycles. The fraction of sp³-hybridized carbons (Fsp3) is 0.167. The Balaban J connectivity index is 2.23. The second-order valence-corrected chi connectivity index (χ2v) is 4.52. The number of hydrogen-bond acceptors (Lipinski definition) is 3. The van der Waals surface area contributed by atoms with Gasteiger partial charge in [-0.15, -0.1) is 0 Å². The first-order valence-electron chi connectivity index (χ1n) is 5.40. The molecular weight excluding hydrogens is 297 g/mol. The predicted molar refractivity (Wildman–Crippen MR) is 65.7 cm³/mol. The summed E-state index contributed by atoms with van der Waals surface area (Å²) in [4.78, 5) is 23.1. The minimum Gasteiger partial charge on any atom is -0.288 e. The molecular formula is C12H8ClF3N2O2. The van der Waals surface area contributed by atoms with Crippen LogP contribution in [0.15, 0.2) is 29.8 Å². The molecule has 20 heavy (non-hydrogen) atoms. The fourth-order valence-corrected chi connectivity index (χ4v) is 1.93. The van der Waals surface area contributed by atoms with E-state index >= 15 is 0 Å². The Bertz CT molecular complexity index is 626. The second kappa shape index (κ2) is 4.82. The minimum atomic E-state index is -4.56. The standard InChI is InChI=1S/C12H8ClF3N2O2/c1-6-4-10(19)18(11(6)20)17-7-2-3-8(9(13)5-7)12(14,15)16/h2-5,17H,1H3. The van der Waals surface area contributed by atoms with Crippen LogP contribution < -0.4 is 5.43 Å². The maximum atomic E-state index is 12.5. The van der Waals surface area contributed by atoms with E-state index in [9.17, 15) is 22.8 Å². The zero-order valence-electron chi connectivity index (χ0n) is 10.1. The molecule has 1 heterocycles. The van der Waals surface area contributed by atoms with Crippen LogP contribution in [0.2, 0.25) is 5.02 Å². The zero-order valence-corrected chi connectivity index (χ0v) is 10.8. The first-order valence-corrected chi connectivity index (χ1v) is 5.78. The van der Waals surface area contributed by atoms with Gasteiger partial charge in [0.05, 0.1) is 16.3 Å². The summed E-state index contributed by atoms with van der Waals surface area (Å²) < 4.78 is 37.6. The van der Waals surface area contributed by atoms with Crippen molar-refractivity contribution in [2.75, 3.05) is 5.43 Å². The third kappa shape index (κ3) is 2.62. The average molecular weight is 305 g/mol. The number of hydrogen-bond donors (Lipinski definition) is 1. The van der Waals surface area contributed by atoms with Gasteiger partial charge < -0.3 is 0 Å². The number of nitrogens with zero attached hydrogens (tertiary/aromatic N) is 1. The highest BCUT2D eigenvalue weighted by Crippen LogP contribution is 2.36. The van der Waals surface area contributed by atoms with Gasteiger partial charge in [0.25, 0.3) is 11.8 Å². The quantitative estimate of drug-likeness (QED) is 0.855. The highest BCUT2D eigenvalue weighted by molar-refractivity contribution is 6.31. The van der Waals surface area contributed by atoms with E-state index in [-0.39, 0.29) is 11.3 Å². The molecule has 0 aromatic heterocycles. The molecule has 0 radical (unpaired) electrons. The van der Waals surface area contributed by atoms with Crippen molar-refractivity contribution in [2.45, 2.75) is 13.1 Å². The summed E-state index contributed by atoms with van der Waals surface area (Å²) in [5.74, 6) is -1.16. The number of halogens is 4. The van der Waals surface area contributed by atoms with E-state index in [1.807, 2.05) is 0 Å². The van der Waals surface area contributed by atoms with Crippen molar-refractivity contribution in [3.63, 3.8) is 0 Å². The van der Waals surface area contributed by atoms with E-state index in [1.54, 1.807) is 0 Å². The van der Waals surface area contributed by atoms with Crippen molar-refractivity contribution in [3.8, 4) is 0 Å². The minimum absolute atomic E-state index is 0.104. The van der Waals surface area contributed by atoms with Crippen LogP contribution >= 0.6 is 11.6 Å². The lowest BCUT2D eigenvalue weighted by molar-refractivity contribution is -0.138. The Kier molecular flexibility index (Phi) is 3.47. The van der Waals surface area contributed by atoms with Crippen molar-refractivity contribution in [2.24, 2.45) is 0 Å². The van der Waals surface area contributed by atoms with Crippen LogP contribution in [0, 0.1) is 0 Å². The number of benzene rings is 1. The summed E-state index contributed by atoms with van der Waals surface area (Å²) in [6, 6.07) is 2.86. The maximum absolute atomic E-state index is 12.5. The number of rotatable bonds is 2. The molecule has 0 atom stereocenters. The summed E-state index contributed by atoms with van der Waals surface area (Å²) in [6.45, 7) is 1.46. The van der Waals surface area contributed by atoms with Gasteiger partial charge in [0.1, 0.15) is 0 Å². The molecule has 106 valence electrons. The third-order valence-electron chi connectivity index (χ3n) is 2.62. The molecule has 0 saturated carbocycles. The number of nitrogens with one attached hydrogen (secondary N) is 1. The van der Waals surface area contributed by atoms with E-state index in [0.29, 0.717) is 5.01 Å². The summed E-state index contributed by atoms with van der Waals surface area (Å²) in [7, 11) is 0. The lowest BCUT2D eigenvalue weighted by Crippen LogP contribution is -2.36. The van der Waals surface area contributed by atoms with Gasteiger partial charge in [0, 0.05) is 11.6 Å². The summed E-state index contributed by atoms with van der Waals surface area (Å²) in [5.41, 5.74) is 1.77. The molecule has 0 unspecified atom stereocenters. The van der Waals surface area contributed by atoms with E-state index in [0.717, 1.165) is 24.3 Å². The Morgan fingerprint density at radius 3 is 2.35 bits per heavy atom. The highest BCUT2D eigenvalue weighted by atomic mass is 35.5. The first kappa shape index (κ1) is 14.4. The van der Waals surface area contributed by atoms with Gasteiger partial charge >= 0.3 is 6.18 Å². The van der Waals surface area contributed by atoms with Gasteiger partial charge in [-0.1, -0.05) is 11.6 Å². The Labute approximate surface area is 116 Å². The number of carbonyl (C=O) groups is 2. The van der Waals surface area contributed by atoms with Crippen LogP contribution in [0.5, 0.6) is 0 Å². The zero-order chi connectivity index (χ0) is 15.1. The number of amides is 2. The van der Waals surface area contributed by atoms with Crippen LogP contribution in [-0.4, -0.2) is 16.8 Å². The van der Waals surface area contributed by atoms with E-state index in [1.165, 1.54) is 6.92 Å². The van der Waals surface area contributed by atoms with Gasteiger partial charge in [0.2, 0.25) is 0 Å². The highest BCUT2D eigenvalue weighted by Gasteiger charge is 2.33. The number of imide groups is 1. The number of hydrazine groups is 1. The molecule has 1 aliphatic rings. The predicted octanol–water partition coefficient (Wildman–Crippen LogP) is 3.00. The SMILES string of the molecule is CC1=CC(=O)N(Nc2ccc(C(F)(F)F)c(Cl)c2)C1=O. The van der Waals surface area contributed by atoms with Crippen molar-refractivity contribution in [1.82, 2.24) is 5.01 Å². The van der Waals surface area contributed by atoms with Crippen molar-refractivity contribution in [1.29, 1.82) is 0 Å². The Morgan fingerprint density at radius 1 is 1.25 bits per heavy atom. The van der Waals surface area contributed by atoms with Crippen LogP contribution in [0.1, 0.15) is 12.5 Å². The smallest absolute Gasteiger partial charge is 0.288 e. The average Bonchev–Trinajstić information content (AvgIpc) is 2.54. The second-order valence-electron chi connectivity index (χ2n) is 4.11. The Morgan fingerprint density at radius 2 is 1.90 bits per heavy atom. The molecule has 2 rings (SSSR count). The van der Waals surface area contributed by atoms with Crippen LogP contribution in [0.25, 0.3) is 0 Å². The van der Waals surface area contributed by atoms with Crippen molar-refractivity contribution < 1.29 is 22.8 Å². The van der Waals surface area contributed by atoms with Gasteiger partial charge in [-0.2, -0.15) is 18.2 Å². The van der Waals surface area contributed by atoms with E-state index in [4.69, 9.17) is 11.6 Å². The van der Waals surface area contributed by atoms with Crippen LogP contribution in [0.4, 0.5) is 18.9 Å². The Hall–Kier alpha value is -2.02. The van der Waals surface area contributed by atoms with Gasteiger partial charge in [-0.3, -0.25) is 15.0 Å². The fourth-order valence-electron chi connectivity index (χ4n) is 1.64. The molecule has 8 heteroatoms. The number of alkyl halides is 3. The molecule has 0 bridgehead atoms. The van der Waals surface area contributed by atoms with Gasteiger partial charge in [-0.25, -0.2) is 0 Å². The third-order valence-corrected chi connectivity index (χ3v) is 2.93. The first-order chi connectivity index (χ1) is 9.20. The molecule has 1 N–H and O–H groups in total. The summed E-state index contributed by atoms with van der Waals surface area (Å²) >= 11 is 5.54. The van der Waals surface area contributed by atoms with E-state index < -0.39 is 28.6 Å². The summed E-state index contributed by atoms with van der Waals surface area (Å²) in [5, 5.41) is 0.181. The van der Waals surface area contributed by atoms with Gasteiger partial charge in [-0.05, 0) is 25.1 Å². The van der Waals surface area contributed by atoms with E-state index in [2.05, 4.69) is 5.43 Å². The molecule has 1 aromatic rings. The topological polar surface area (TPSA) is 49.4 Å². The van der Waals surface area contributed by atoms with Crippen LogP contribution in [0.3, 0.4) is 0 Å². The number of carbonyl (C=O) groups excluding carboxylic acids is 2. The van der Waals surface area contributed by atoms with Crippen LogP contribution in [-0.2, 0) is 15.8 Å². The normalized spacial score (nSPS) is 15.7. The molecule has 0 fully saturated rings. The largest absolute Gasteiger partial charge is 0.417 e. The molecule has 1 aliphatic heterocycles. The van der Waals surface area contributed by atoms with Gasteiger partial charge in [0.15, 0.2) is 0 Å². The maximum Gasteiger partial charge on any atom is 0.417 e.